The molecule has 2 rings (SSSR count). The van der Waals surface area contributed by atoms with Gasteiger partial charge in [-0.3, -0.25) is 0 Å². The number of methoxy groups -OCH3 is 1. The molecular weight excluding hydrogens is 240 g/mol. The Hall–Kier alpha value is -1.07. The highest BCUT2D eigenvalue weighted by molar-refractivity contribution is 7.91. The molecule has 0 radical (unpaired) electrons. The summed E-state index contributed by atoms with van der Waals surface area (Å²) >= 11 is 0. The second-order valence-electron chi connectivity index (χ2n) is 4.44. The van der Waals surface area contributed by atoms with Crippen LogP contribution in [0.1, 0.15) is 11.5 Å². The first kappa shape index (κ1) is 12.4. The van der Waals surface area contributed by atoms with E-state index in [1.165, 1.54) is 6.26 Å². The fourth-order valence-electron chi connectivity index (χ4n) is 2.41. The topological polar surface area (TPSA) is 63.6 Å². The first-order chi connectivity index (χ1) is 7.99. The number of aliphatic hydroxyl groups excluding tert-OH is 1. The molecular formula is C12H16O4S. The van der Waals surface area contributed by atoms with Crippen molar-refractivity contribution in [3.63, 3.8) is 0 Å². The van der Waals surface area contributed by atoms with E-state index in [9.17, 15) is 13.5 Å². The SMILES string of the molecule is COc1ccc([C@@H]2[C@@H](CO)[C@H]2S(C)(=O)=O)cc1. The standard InChI is InChI=1S/C12H16O4S/c1-16-9-5-3-8(4-6-9)11-10(7-13)12(11)17(2,14)15/h3-6,10-13H,7H2,1-2H3/t10-,11-,12-/m1/s1. The molecule has 0 unspecified atom stereocenters. The van der Waals surface area contributed by atoms with E-state index < -0.39 is 15.1 Å². The number of ether oxygens (including phenoxy) is 1. The van der Waals surface area contributed by atoms with Gasteiger partial charge in [0.1, 0.15) is 5.75 Å². The molecule has 1 N–H and O–H groups in total. The van der Waals surface area contributed by atoms with Crippen molar-refractivity contribution < 1.29 is 18.3 Å². The Balaban J connectivity index is 2.23. The van der Waals surface area contributed by atoms with Gasteiger partial charge in [-0.1, -0.05) is 12.1 Å². The molecule has 0 bridgehead atoms. The molecule has 1 aromatic rings. The van der Waals surface area contributed by atoms with Crippen LogP contribution in [-0.2, 0) is 9.84 Å². The van der Waals surface area contributed by atoms with Gasteiger partial charge in [0, 0.05) is 24.7 Å². The van der Waals surface area contributed by atoms with Gasteiger partial charge in [0.05, 0.1) is 12.4 Å². The third kappa shape index (κ3) is 2.30. The number of sulfone groups is 1. The maximum absolute atomic E-state index is 11.5. The average molecular weight is 256 g/mol. The van der Waals surface area contributed by atoms with Crippen LogP contribution in [0, 0.1) is 5.92 Å². The molecule has 4 nitrogen and oxygen atoms in total. The van der Waals surface area contributed by atoms with Crippen molar-refractivity contribution in [1.82, 2.24) is 0 Å². The van der Waals surface area contributed by atoms with E-state index in [4.69, 9.17) is 4.74 Å². The lowest BCUT2D eigenvalue weighted by Crippen LogP contribution is -2.08. The fraction of sp³-hybridized carbons (Fsp3) is 0.500. The Morgan fingerprint density at radius 1 is 1.29 bits per heavy atom. The van der Waals surface area contributed by atoms with Crippen molar-refractivity contribution in [2.45, 2.75) is 11.2 Å². The third-order valence-corrected chi connectivity index (χ3v) is 4.93. The van der Waals surface area contributed by atoms with Crippen LogP contribution in [0.25, 0.3) is 0 Å². The predicted molar refractivity (Wildman–Crippen MR) is 64.9 cm³/mol. The lowest BCUT2D eigenvalue weighted by atomic mass is 10.1. The Bertz CT molecular complexity index is 492. The van der Waals surface area contributed by atoms with Crippen molar-refractivity contribution >= 4 is 9.84 Å². The van der Waals surface area contributed by atoms with Crippen molar-refractivity contribution in [2.24, 2.45) is 5.92 Å². The smallest absolute Gasteiger partial charge is 0.151 e. The molecule has 0 saturated heterocycles. The molecule has 0 spiro atoms. The molecule has 3 atom stereocenters. The molecule has 0 aromatic heterocycles. The first-order valence-electron chi connectivity index (χ1n) is 5.42. The van der Waals surface area contributed by atoms with Gasteiger partial charge in [-0.2, -0.15) is 0 Å². The van der Waals surface area contributed by atoms with Crippen LogP contribution in [0.15, 0.2) is 24.3 Å². The Labute approximate surface area is 101 Å². The van der Waals surface area contributed by atoms with E-state index >= 15 is 0 Å². The zero-order valence-corrected chi connectivity index (χ0v) is 10.6. The van der Waals surface area contributed by atoms with E-state index in [0.29, 0.717) is 0 Å². The van der Waals surface area contributed by atoms with Gasteiger partial charge >= 0.3 is 0 Å². The van der Waals surface area contributed by atoms with Crippen molar-refractivity contribution in [3.8, 4) is 5.75 Å². The van der Waals surface area contributed by atoms with E-state index in [-0.39, 0.29) is 18.4 Å². The van der Waals surface area contributed by atoms with Crippen LogP contribution in [0.5, 0.6) is 5.75 Å². The van der Waals surface area contributed by atoms with Crippen LogP contribution in [-0.4, -0.2) is 38.7 Å². The van der Waals surface area contributed by atoms with Crippen molar-refractivity contribution in [1.29, 1.82) is 0 Å². The van der Waals surface area contributed by atoms with Crippen LogP contribution in [0.3, 0.4) is 0 Å². The monoisotopic (exact) mass is 256 g/mol. The van der Waals surface area contributed by atoms with E-state index in [1.807, 2.05) is 12.1 Å². The van der Waals surface area contributed by atoms with Gasteiger partial charge in [-0.15, -0.1) is 0 Å². The van der Waals surface area contributed by atoms with E-state index in [0.717, 1.165) is 11.3 Å². The highest BCUT2D eigenvalue weighted by Gasteiger charge is 2.56. The molecule has 0 aliphatic heterocycles. The summed E-state index contributed by atoms with van der Waals surface area (Å²) in [5.74, 6) is 0.491. The minimum atomic E-state index is -3.10. The van der Waals surface area contributed by atoms with Gasteiger partial charge in [0.15, 0.2) is 9.84 Å². The summed E-state index contributed by atoms with van der Waals surface area (Å²) in [7, 11) is -1.51. The van der Waals surface area contributed by atoms with Gasteiger partial charge < -0.3 is 9.84 Å². The Kier molecular flexibility index (Phi) is 3.14. The Morgan fingerprint density at radius 2 is 1.88 bits per heavy atom. The summed E-state index contributed by atoms with van der Waals surface area (Å²) in [5, 5.41) is 8.74. The maximum Gasteiger partial charge on any atom is 0.151 e. The molecule has 5 heteroatoms. The molecule has 1 aliphatic carbocycles. The zero-order chi connectivity index (χ0) is 12.6. The molecule has 94 valence electrons. The first-order valence-corrected chi connectivity index (χ1v) is 7.38. The summed E-state index contributed by atoms with van der Waals surface area (Å²) in [6.45, 7) is -0.0889. The molecule has 1 aliphatic rings. The minimum absolute atomic E-state index is 0.0825. The molecule has 1 aromatic carbocycles. The number of aliphatic hydroxyl groups is 1. The Morgan fingerprint density at radius 3 is 2.24 bits per heavy atom. The third-order valence-electron chi connectivity index (χ3n) is 3.30. The van der Waals surface area contributed by atoms with E-state index in [2.05, 4.69) is 0 Å². The summed E-state index contributed by atoms with van der Waals surface area (Å²) in [5.41, 5.74) is 0.945. The maximum atomic E-state index is 11.5. The lowest BCUT2D eigenvalue weighted by Gasteiger charge is -2.02. The highest BCUT2D eigenvalue weighted by atomic mass is 32.2. The predicted octanol–water partition coefficient (Wildman–Crippen LogP) is 0.814. The zero-order valence-electron chi connectivity index (χ0n) is 9.83. The largest absolute Gasteiger partial charge is 0.497 e. The number of rotatable bonds is 4. The van der Waals surface area contributed by atoms with Gasteiger partial charge in [0.25, 0.3) is 0 Å². The van der Waals surface area contributed by atoms with Crippen LogP contribution in [0.2, 0.25) is 0 Å². The number of benzene rings is 1. The second kappa shape index (κ2) is 4.31. The quantitative estimate of drug-likeness (QED) is 0.866. The number of hydrogen-bond acceptors (Lipinski definition) is 4. The highest BCUT2D eigenvalue weighted by Crippen LogP contribution is 2.51. The van der Waals surface area contributed by atoms with Crippen molar-refractivity contribution in [3.05, 3.63) is 29.8 Å². The van der Waals surface area contributed by atoms with Gasteiger partial charge in [-0.05, 0) is 17.7 Å². The molecule has 0 heterocycles. The lowest BCUT2D eigenvalue weighted by molar-refractivity contribution is 0.274. The summed E-state index contributed by atoms with van der Waals surface area (Å²) in [6, 6.07) is 7.33. The average Bonchev–Trinajstić information content (AvgIpc) is 3.03. The van der Waals surface area contributed by atoms with Gasteiger partial charge in [-0.25, -0.2) is 8.42 Å². The fourth-order valence-corrected chi connectivity index (χ4v) is 4.10. The summed E-state index contributed by atoms with van der Waals surface area (Å²) < 4.78 is 28.1. The molecule has 0 amide bonds. The summed E-state index contributed by atoms with van der Waals surface area (Å²) in [4.78, 5) is 0. The molecule has 1 fully saturated rings. The van der Waals surface area contributed by atoms with Gasteiger partial charge in [0.2, 0.25) is 0 Å². The minimum Gasteiger partial charge on any atom is -0.497 e. The molecule has 1 saturated carbocycles. The van der Waals surface area contributed by atoms with Crippen LogP contribution < -0.4 is 4.74 Å². The van der Waals surface area contributed by atoms with E-state index in [1.54, 1.807) is 19.2 Å². The van der Waals surface area contributed by atoms with Crippen LogP contribution in [0.4, 0.5) is 0 Å². The molecule has 17 heavy (non-hydrogen) atoms. The van der Waals surface area contributed by atoms with Crippen LogP contribution >= 0.6 is 0 Å². The second-order valence-corrected chi connectivity index (χ2v) is 6.64. The van der Waals surface area contributed by atoms with Crippen molar-refractivity contribution in [2.75, 3.05) is 20.0 Å². The summed E-state index contributed by atoms with van der Waals surface area (Å²) in [6.07, 6.45) is 1.23. The number of hydrogen-bond donors (Lipinski definition) is 1. The normalized spacial score (nSPS) is 27.8.